The summed E-state index contributed by atoms with van der Waals surface area (Å²) in [6, 6.07) is 17.6. The fourth-order valence-electron chi connectivity index (χ4n) is 4.16. The van der Waals surface area contributed by atoms with E-state index < -0.39 is 23.4 Å². The van der Waals surface area contributed by atoms with Crippen LogP contribution in [0.4, 0.5) is 13.2 Å². The summed E-state index contributed by atoms with van der Waals surface area (Å²) < 4.78 is 38.2. The molecule has 37 heavy (non-hydrogen) atoms. The van der Waals surface area contributed by atoms with E-state index in [0.717, 1.165) is 29.3 Å². The van der Waals surface area contributed by atoms with Crippen LogP contribution in [0, 0.1) is 18.4 Å². The van der Waals surface area contributed by atoms with Crippen molar-refractivity contribution >= 4 is 33.3 Å². The van der Waals surface area contributed by atoms with Crippen LogP contribution in [0.5, 0.6) is 0 Å². The van der Waals surface area contributed by atoms with Crippen LogP contribution in [0.3, 0.4) is 0 Å². The molecule has 0 spiro atoms. The van der Waals surface area contributed by atoms with E-state index in [0.29, 0.717) is 12.1 Å². The van der Waals surface area contributed by atoms with Crippen LogP contribution in [0.2, 0.25) is 0 Å². The number of aromatic carboxylic acids is 1. The van der Waals surface area contributed by atoms with Gasteiger partial charge >= 0.3 is 12.1 Å². The third-order valence-electron chi connectivity index (χ3n) is 5.56. The van der Waals surface area contributed by atoms with Crippen LogP contribution in [-0.2, 0) is 32.7 Å². The van der Waals surface area contributed by atoms with Gasteiger partial charge < -0.3 is 9.51 Å². The number of aryl methyl sites for hydroxylation is 1. The number of nitrogens with zero attached hydrogens (tertiary/aromatic N) is 3. The zero-order chi connectivity index (χ0) is 26.3. The molecule has 0 unspecified atom stereocenters. The predicted octanol–water partition coefficient (Wildman–Crippen LogP) is 7.13. The van der Waals surface area contributed by atoms with Crippen molar-refractivity contribution in [1.29, 1.82) is 0 Å². The molecular weight excluding hydrogens is 660 g/mol. The molecule has 2 aromatic carbocycles. The van der Waals surface area contributed by atoms with Gasteiger partial charge in [0.25, 0.3) is 0 Å². The molecule has 9 heteroatoms. The first-order valence-corrected chi connectivity index (χ1v) is 11.3. The summed E-state index contributed by atoms with van der Waals surface area (Å²) in [5.74, 6) is -1.48. The summed E-state index contributed by atoms with van der Waals surface area (Å²) in [4.78, 5) is 18.2. The van der Waals surface area contributed by atoms with Crippen molar-refractivity contribution in [3.05, 3.63) is 89.5 Å². The van der Waals surface area contributed by atoms with E-state index in [1.54, 1.807) is 0 Å². The Hall–Kier alpha value is -3.29. The number of carboxylic acids is 1. The Morgan fingerprint density at radius 3 is 2.46 bits per heavy atom. The van der Waals surface area contributed by atoms with Crippen molar-refractivity contribution in [2.24, 2.45) is 5.41 Å². The first kappa shape index (κ1) is 28.3. The molecule has 195 valence electrons. The Bertz CT molecular complexity index is 1590. The Morgan fingerprint density at radius 1 is 1.08 bits per heavy atom. The molecule has 0 saturated carbocycles. The summed E-state index contributed by atoms with van der Waals surface area (Å²) >= 11 is 0. The van der Waals surface area contributed by atoms with Gasteiger partial charge in [-0.15, -0.1) is 29.7 Å². The van der Waals surface area contributed by atoms with Crippen LogP contribution < -0.4 is 0 Å². The van der Waals surface area contributed by atoms with Gasteiger partial charge in [0.05, 0.1) is 11.2 Å². The molecule has 0 aliphatic heterocycles. The van der Waals surface area contributed by atoms with E-state index in [2.05, 4.69) is 72.8 Å². The van der Waals surface area contributed by atoms with Gasteiger partial charge in [-0.2, -0.15) is 13.2 Å². The predicted molar refractivity (Wildman–Crippen MR) is 133 cm³/mol. The van der Waals surface area contributed by atoms with E-state index >= 15 is 0 Å². The molecule has 0 fully saturated rings. The summed E-state index contributed by atoms with van der Waals surface area (Å²) in [6.45, 7) is 8.89. The van der Waals surface area contributed by atoms with Crippen LogP contribution in [-0.4, -0.2) is 25.4 Å². The minimum absolute atomic E-state index is 0. The summed E-state index contributed by atoms with van der Waals surface area (Å²) in [7, 11) is 0. The van der Waals surface area contributed by atoms with E-state index in [1.807, 2.05) is 13.0 Å². The van der Waals surface area contributed by atoms with Crippen molar-refractivity contribution in [3.63, 3.8) is 0 Å². The number of aromatic nitrogens is 3. The number of pyridine rings is 2. The third kappa shape index (κ3) is 6.35. The maximum atomic E-state index is 12.0. The van der Waals surface area contributed by atoms with Crippen LogP contribution in [0.25, 0.3) is 27.3 Å². The van der Waals surface area contributed by atoms with Gasteiger partial charge in [0, 0.05) is 43.7 Å². The number of benzene rings is 2. The third-order valence-corrected chi connectivity index (χ3v) is 5.56. The van der Waals surface area contributed by atoms with Crippen LogP contribution >= 0.6 is 0 Å². The fraction of sp³-hybridized carbons (Fsp3) is 0.250. The molecule has 5 rings (SSSR count). The summed E-state index contributed by atoms with van der Waals surface area (Å²) in [5.41, 5.74) is 3.28. The number of carbonyl (C=O) groups is 1. The molecule has 0 bridgehead atoms. The molecule has 0 aliphatic carbocycles. The number of halogens is 3. The second-order valence-electron chi connectivity index (χ2n) is 9.86. The second-order valence-corrected chi connectivity index (χ2v) is 9.86. The maximum Gasteiger partial charge on any atom is 0.416 e. The number of hydrogen-bond donors (Lipinski definition) is 1. The largest absolute Gasteiger partial charge is 0.477 e. The normalized spacial score (nSPS) is 11.8. The molecule has 0 atom stereocenters. The standard InChI is InChI=1S/C21H21N2.C7H4F3NO2.Ir/c1-14-13-23-19-10-9-15(12-21(2,3)4)11-18(19)16-7-5-6-8-17(16)20(23)22-14;8-7(9,10)4-1-2-11-5(3-4)6(12)13;/h5-7,9-11,13H,12H2,1-4H3;1-3H,(H,12,13);/q-1;;. The number of imidazole rings is 1. The molecule has 0 amide bonds. The average Bonchev–Trinajstić information content (AvgIpc) is 3.20. The summed E-state index contributed by atoms with van der Waals surface area (Å²) in [5, 5.41) is 12.0. The van der Waals surface area contributed by atoms with E-state index in [4.69, 9.17) is 10.1 Å². The Labute approximate surface area is 225 Å². The molecule has 3 heterocycles. The van der Waals surface area contributed by atoms with Gasteiger partial charge in [0.2, 0.25) is 0 Å². The molecule has 0 saturated heterocycles. The van der Waals surface area contributed by atoms with Crippen molar-refractivity contribution < 1.29 is 43.2 Å². The minimum Gasteiger partial charge on any atom is -0.477 e. The van der Waals surface area contributed by atoms with Gasteiger partial charge in [0.1, 0.15) is 5.69 Å². The topological polar surface area (TPSA) is 67.5 Å². The number of rotatable bonds is 2. The quantitative estimate of drug-likeness (QED) is 0.159. The number of hydrogen-bond acceptors (Lipinski definition) is 3. The number of carboxylic acid groups (broad SMARTS) is 1. The van der Waals surface area contributed by atoms with Gasteiger partial charge in [0.15, 0.2) is 0 Å². The van der Waals surface area contributed by atoms with Gasteiger partial charge in [-0.05, 0) is 47.9 Å². The fourth-order valence-corrected chi connectivity index (χ4v) is 4.16. The molecule has 3 aromatic heterocycles. The van der Waals surface area contributed by atoms with Crippen LogP contribution in [0.1, 0.15) is 48.1 Å². The average molecular weight is 685 g/mol. The van der Waals surface area contributed by atoms with E-state index in [1.165, 1.54) is 21.9 Å². The van der Waals surface area contributed by atoms with Crippen LogP contribution in [0.15, 0.2) is 60.9 Å². The number of alkyl halides is 3. The molecular formula is C28H25F3IrN3O2-. The molecule has 5 aromatic rings. The second kappa shape index (κ2) is 10.6. The van der Waals surface area contributed by atoms with Crippen molar-refractivity contribution in [1.82, 2.24) is 14.4 Å². The van der Waals surface area contributed by atoms with Gasteiger partial charge in [-0.3, -0.25) is 4.98 Å². The van der Waals surface area contributed by atoms with Crippen molar-refractivity contribution in [2.75, 3.05) is 0 Å². The first-order valence-electron chi connectivity index (χ1n) is 11.3. The first-order chi connectivity index (χ1) is 16.8. The zero-order valence-electron chi connectivity index (χ0n) is 20.6. The Morgan fingerprint density at radius 2 is 1.81 bits per heavy atom. The Balaban J connectivity index is 0.000000234. The molecule has 1 N–H and O–H groups in total. The summed E-state index contributed by atoms with van der Waals surface area (Å²) in [6.07, 6.45) is -0.539. The molecule has 1 radical (unpaired) electrons. The number of fused-ring (bicyclic) bond motifs is 6. The van der Waals surface area contributed by atoms with E-state index in [-0.39, 0.29) is 25.5 Å². The Kier molecular flexibility index (Phi) is 8.10. The molecule has 5 nitrogen and oxygen atoms in total. The van der Waals surface area contributed by atoms with Gasteiger partial charge in [-0.1, -0.05) is 38.3 Å². The maximum absolute atomic E-state index is 12.0. The van der Waals surface area contributed by atoms with Crippen molar-refractivity contribution in [3.8, 4) is 0 Å². The monoisotopic (exact) mass is 685 g/mol. The zero-order valence-corrected chi connectivity index (χ0v) is 23.0. The SMILES string of the molecule is Cc1cn2c3ccc(CC(C)(C)C)cc3c3ccc[c-]c3c2n1.O=C(O)c1cc(C(F)(F)F)ccn1.[Ir]. The minimum atomic E-state index is -4.53. The van der Waals surface area contributed by atoms with E-state index in [9.17, 15) is 18.0 Å². The van der Waals surface area contributed by atoms with Gasteiger partial charge in [-0.25, -0.2) is 9.78 Å². The molecule has 0 aliphatic rings. The van der Waals surface area contributed by atoms with Crippen molar-refractivity contribution in [2.45, 2.75) is 40.3 Å². The smallest absolute Gasteiger partial charge is 0.416 e.